The third-order valence-electron chi connectivity index (χ3n) is 5.26. The Morgan fingerprint density at radius 3 is 2.43 bits per heavy atom. The Balaban J connectivity index is 1.72. The summed E-state index contributed by atoms with van der Waals surface area (Å²) in [4.78, 5) is 14.4. The fraction of sp³-hybridized carbons (Fsp3) is 0.824. The van der Waals surface area contributed by atoms with Gasteiger partial charge in [0.05, 0.1) is 0 Å². The van der Waals surface area contributed by atoms with E-state index in [9.17, 15) is 0 Å². The van der Waals surface area contributed by atoms with Crippen molar-refractivity contribution in [3.8, 4) is 0 Å². The van der Waals surface area contributed by atoms with Crippen LogP contribution in [0.1, 0.15) is 59.8 Å². The Morgan fingerprint density at radius 2 is 1.83 bits per heavy atom. The number of piperidine rings is 1. The minimum Gasteiger partial charge on any atom is -0.354 e. The molecule has 130 valence electrons. The second-order valence-corrected chi connectivity index (χ2v) is 8.30. The van der Waals surface area contributed by atoms with Gasteiger partial charge in [-0.2, -0.15) is 4.98 Å². The van der Waals surface area contributed by atoms with Gasteiger partial charge in [-0.05, 0) is 71.5 Å². The van der Waals surface area contributed by atoms with Crippen LogP contribution in [-0.4, -0.2) is 44.5 Å². The number of aromatic nitrogens is 3. The summed E-state index contributed by atoms with van der Waals surface area (Å²) in [7, 11) is 2.26. The van der Waals surface area contributed by atoms with Crippen LogP contribution in [0.2, 0.25) is 5.28 Å². The van der Waals surface area contributed by atoms with E-state index in [1.807, 2.05) is 0 Å². The standard InChI is InChI=1S/C17H30ClN5/c1-16(2)10-13(11-17(3,4)23(16)5)8-6-7-9-19-15-21-12-20-14(18)22-15/h12-13H,6-11H2,1-5H3,(H,19,20,21,22). The predicted molar refractivity (Wildman–Crippen MR) is 95.8 cm³/mol. The lowest BCUT2D eigenvalue weighted by atomic mass is 9.72. The summed E-state index contributed by atoms with van der Waals surface area (Å²) in [6.07, 6.45) is 7.64. The number of halogens is 1. The summed E-state index contributed by atoms with van der Waals surface area (Å²) in [5.74, 6) is 1.37. The Hall–Kier alpha value is -0.940. The van der Waals surface area contributed by atoms with Crippen molar-refractivity contribution in [3.63, 3.8) is 0 Å². The first-order chi connectivity index (χ1) is 10.7. The molecule has 6 heteroatoms. The van der Waals surface area contributed by atoms with E-state index in [0.29, 0.717) is 5.95 Å². The van der Waals surface area contributed by atoms with Gasteiger partial charge in [0.2, 0.25) is 11.2 Å². The lowest BCUT2D eigenvalue weighted by Gasteiger charge is -2.54. The second kappa shape index (κ2) is 7.31. The van der Waals surface area contributed by atoms with Gasteiger partial charge >= 0.3 is 0 Å². The number of rotatable bonds is 6. The van der Waals surface area contributed by atoms with Crippen molar-refractivity contribution < 1.29 is 0 Å². The van der Waals surface area contributed by atoms with Gasteiger partial charge in [0.15, 0.2) is 0 Å². The van der Waals surface area contributed by atoms with Crippen molar-refractivity contribution in [1.29, 1.82) is 0 Å². The summed E-state index contributed by atoms with van der Waals surface area (Å²) in [6.45, 7) is 10.3. The highest BCUT2D eigenvalue weighted by molar-refractivity contribution is 6.28. The van der Waals surface area contributed by atoms with Crippen molar-refractivity contribution in [1.82, 2.24) is 19.9 Å². The van der Waals surface area contributed by atoms with E-state index in [2.05, 4.69) is 59.9 Å². The molecule has 0 spiro atoms. The Labute approximate surface area is 145 Å². The second-order valence-electron chi connectivity index (χ2n) is 7.96. The van der Waals surface area contributed by atoms with Gasteiger partial charge in [-0.1, -0.05) is 12.8 Å². The SMILES string of the molecule is CN1C(C)(C)CC(CCCCNc2ncnc(Cl)n2)CC1(C)C. The zero-order valence-corrected chi connectivity index (χ0v) is 15.8. The average molecular weight is 340 g/mol. The molecule has 0 bridgehead atoms. The van der Waals surface area contributed by atoms with E-state index in [1.54, 1.807) is 0 Å². The van der Waals surface area contributed by atoms with E-state index >= 15 is 0 Å². The number of likely N-dealkylation sites (tertiary alicyclic amines) is 1. The molecule has 1 saturated heterocycles. The van der Waals surface area contributed by atoms with Gasteiger partial charge in [0.1, 0.15) is 6.33 Å². The van der Waals surface area contributed by atoms with Crippen molar-refractivity contribution in [2.45, 2.75) is 70.9 Å². The van der Waals surface area contributed by atoms with E-state index in [-0.39, 0.29) is 16.4 Å². The van der Waals surface area contributed by atoms with Crippen molar-refractivity contribution in [2.75, 3.05) is 18.9 Å². The molecule has 1 N–H and O–H groups in total. The molecule has 1 fully saturated rings. The smallest absolute Gasteiger partial charge is 0.227 e. The summed E-state index contributed by atoms with van der Waals surface area (Å²) in [5.41, 5.74) is 0.568. The molecular weight excluding hydrogens is 310 g/mol. The molecule has 1 aromatic rings. The number of unbranched alkanes of at least 4 members (excludes halogenated alkanes) is 1. The molecule has 1 aliphatic rings. The summed E-state index contributed by atoms with van der Waals surface area (Å²) >= 11 is 5.75. The molecule has 23 heavy (non-hydrogen) atoms. The first-order valence-corrected chi connectivity index (χ1v) is 8.91. The maximum absolute atomic E-state index is 5.75. The van der Waals surface area contributed by atoms with Gasteiger partial charge in [-0.25, -0.2) is 9.97 Å². The molecule has 0 radical (unpaired) electrons. The fourth-order valence-corrected chi connectivity index (χ4v) is 4.03. The number of nitrogens with one attached hydrogen (secondary N) is 1. The van der Waals surface area contributed by atoms with Crippen LogP contribution in [0, 0.1) is 5.92 Å². The molecule has 5 nitrogen and oxygen atoms in total. The van der Waals surface area contributed by atoms with E-state index in [1.165, 1.54) is 32.0 Å². The normalized spacial score (nSPS) is 21.3. The number of anilines is 1. The molecule has 0 amide bonds. The van der Waals surface area contributed by atoms with Crippen LogP contribution >= 0.6 is 11.6 Å². The zero-order chi connectivity index (χ0) is 17.1. The van der Waals surface area contributed by atoms with E-state index in [0.717, 1.165) is 18.9 Å². The van der Waals surface area contributed by atoms with Crippen molar-refractivity contribution in [3.05, 3.63) is 11.6 Å². The van der Waals surface area contributed by atoms with Crippen LogP contribution in [0.5, 0.6) is 0 Å². The highest BCUT2D eigenvalue weighted by atomic mass is 35.5. The van der Waals surface area contributed by atoms with Gasteiger partial charge < -0.3 is 5.32 Å². The monoisotopic (exact) mass is 339 g/mol. The molecule has 0 aliphatic carbocycles. The Bertz CT molecular complexity index is 499. The molecular formula is C17H30ClN5. The minimum atomic E-state index is 0.235. The van der Waals surface area contributed by atoms with Gasteiger partial charge in [0.25, 0.3) is 0 Å². The van der Waals surface area contributed by atoms with Gasteiger partial charge in [0, 0.05) is 17.6 Å². The van der Waals surface area contributed by atoms with Crippen molar-refractivity contribution >= 4 is 17.5 Å². The average Bonchev–Trinajstić information content (AvgIpc) is 2.44. The Morgan fingerprint density at radius 1 is 1.17 bits per heavy atom. The predicted octanol–water partition coefficient (Wildman–Crippen LogP) is 4.01. The molecule has 0 unspecified atom stereocenters. The highest BCUT2D eigenvalue weighted by Gasteiger charge is 2.42. The highest BCUT2D eigenvalue weighted by Crippen LogP contribution is 2.41. The first kappa shape index (κ1) is 18.4. The maximum Gasteiger partial charge on any atom is 0.227 e. The lowest BCUT2D eigenvalue weighted by Crippen LogP contribution is -2.58. The summed E-state index contributed by atoms with van der Waals surface area (Å²) in [5, 5.41) is 3.44. The van der Waals surface area contributed by atoms with Gasteiger partial charge in [-0.3, -0.25) is 4.90 Å². The van der Waals surface area contributed by atoms with E-state index < -0.39 is 0 Å². The summed E-state index contributed by atoms with van der Waals surface area (Å²) in [6, 6.07) is 0. The molecule has 1 aliphatic heterocycles. The topological polar surface area (TPSA) is 53.9 Å². The third-order valence-corrected chi connectivity index (χ3v) is 5.44. The number of hydrogen-bond acceptors (Lipinski definition) is 5. The molecule has 0 atom stereocenters. The van der Waals surface area contributed by atoms with Crippen molar-refractivity contribution in [2.24, 2.45) is 5.92 Å². The molecule has 2 rings (SSSR count). The molecule has 1 aromatic heterocycles. The fourth-order valence-electron chi connectivity index (χ4n) is 3.90. The first-order valence-electron chi connectivity index (χ1n) is 8.53. The van der Waals surface area contributed by atoms with Crippen LogP contribution < -0.4 is 5.32 Å². The number of nitrogens with zero attached hydrogens (tertiary/aromatic N) is 4. The van der Waals surface area contributed by atoms with Crippen LogP contribution in [0.15, 0.2) is 6.33 Å². The quantitative estimate of drug-likeness (QED) is 0.794. The maximum atomic E-state index is 5.75. The summed E-state index contributed by atoms with van der Waals surface area (Å²) < 4.78 is 0. The third kappa shape index (κ3) is 5.01. The van der Waals surface area contributed by atoms with Crippen LogP contribution in [-0.2, 0) is 0 Å². The number of hydrogen-bond donors (Lipinski definition) is 1. The minimum absolute atomic E-state index is 0.235. The molecule has 0 saturated carbocycles. The molecule has 0 aromatic carbocycles. The largest absolute Gasteiger partial charge is 0.354 e. The van der Waals surface area contributed by atoms with Crippen LogP contribution in [0.25, 0.3) is 0 Å². The zero-order valence-electron chi connectivity index (χ0n) is 15.1. The molecule has 2 heterocycles. The van der Waals surface area contributed by atoms with E-state index in [4.69, 9.17) is 11.6 Å². The van der Waals surface area contributed by atoms with Crippen LogP contribution in [0.3, 0.4) is 0 Å². The van der Waals surface area contributed by atoms with Gasteiger partial charge in [-0.15, -0.1) is 0 Å². The Kier molecular flexibility index (Phi) is 5.84. The lowest BCUT2D eigenvalue weighted by molar-refractivity contribution is -0.0320. The van der Waals surface area contributed by atoms with Crippen LogP contribution in [0.4, 0.5) is 5.95 Å².